The van der Waals surface area contributed by atoms with Crippen LogP contribution in [0, 0.1) is 0 Å². The van der Waals surface area contributed by atoms with Crippen LogP contribution in [-0.4, -0.2) is 24.9 Å². The molecule has 0 aromatic carbocycles. The van der Waals surface area contributed by atoms with Gasteiger partial charge < -0.3 is 13.5 Å². The van der Waals surface area contributed by atoms with Crippen molar-refractivity contribution in [3.05, 3.63) is 34.8 Å². The normalized spacial score (nSPS) is 11.4. The van der Waals surface area contributed by atoms with E-state index in [0.29, 0.717) is 28.6 Å². The zero-order valence-electron chi connectivity index (χ0n) is 10.9. The van der Waals surface area contributed by atoms with Gasteiger partial charge in [-0.2, -0.15) is 4.98 Å². The van der Waals surface area contributed by atoms with Crippen molar-refractivity contribution in [1.82, 2.24) is 24.9 Å². The Hall–Kier alpha value is -1.96. The van der Waals surface area contributed by atoms with Gasteiger partial charge in [-0.3, -0.25) is 0 Å². The Bertz CT molecular complexity index is 715. The fraction of sp³-hybridized carbons (Fsp3) is 0.333. The van der Waals surface area contributed by atoms with Crippen molar-refractivity contribution < 1.29 is 8.94 Å². The molecule has 0 aliphatic heterocycles. The lowest BCUT2D eigenvalue weighted by Crippen LogP contribution is -2.06. The molecule has 0 aliphatic rings. The molecule has 8 heteroatoms. The van der Waals surface area contributed by atoms with Crippen LogP contribution in [0.3, 0.4) is 0 Å². The minimum atomic E-state index is 0.281. The van der Waals surface area contributed by atoms with Gasteiger partial charge in [0.25, 0.3) is 0 Å². The summed E-state index contributed by atoms with van der Waals surface area (Å²) >= 11 is 3.24. The maximum Gasteiger partial charge on any atom is 0.238 e. The van der Waals surface area contributed by atoms with E-state index in [9.17, 15) is 0 Å². The van der Waals surface area contributed by atoms with E-state index in [-0.39, 0.29) is 6.04 Å². The number of nitrogens with zero attached hydrogens (tertiary/aromatic N) is 5. The van der Waals surface area contributed by atoms with Crippen molar-refractivity contribution in [3.8, 4) is 11.6 Å². The maximum atomic E-state index is 5.38. The van der Waals surface area contributed by atoms with Gasteiger partial charge in [0.1, 0.15) is 12.2 Å². The summed E-state index contributed by atoms with van der Waals surface area (Å²) in [5.74, 6) is 2.23. The highest BCUT2D eigenvalue weighted by Crippen LogP contribution is 2.23. The molecule has 104 valence electrons. The maximum absolute atomic E-state index is 5.38. The molecular formula is C12H12BrN5O2. The Morgan fingerprint density at radius 3 is 2.90 bits per heavy atom. The zero-order valence-corrected chi connectivity index (χ0v) is 12.5. The Labute approximate surface area is 123 Å². The first-order valence-electron chi connectivity index (χ1n) is 6.10. The highest BCUT2D eigenvalue weighted by molar-refractivity contribution is 9.10. The minimum absolute atomic E-state index is 0.281. The molecule has 3 aromatic heterocycles. The molecule has 0 aliphatic carbocycles. The molecule has 3 heterocycles. The SMILES string of the molecule is CC(C)n1cnnc1Cc1nc(-c2ccc(Br)o2)no1. The molecule has 0 saturated carbocycles. The molecule has 20 heavy (non-hydrogen) atoms. The summed E-state index contributed by atoms with van der Waals surface area (Å²) in [6.45, 7) is 4.12. The standard InChI is InChI=1S/C12H12BrN5O2/c1-7(2)18-6-14-16-10(18)5-11-15-12(17-20-11)8-3-4-9(13)19-8/h3-4,6-7H,5H2,1-2H3. The van der Waals surface area contributed by atoms with E-state index in [2.05, 4.69) is 50.1 Å². The zero-order chi connectivity index (χ0) is 14.1. The van der Waals surface area contributed by atoms with Gasteiger partial charge in [-0.15, -0.1) is 10.2 Å². The predicted octanol–water partition coefficient (Wildman–Crippen LogP) is 2.86. The molecule has 0 spiro atoms. The van der Waals surface area contributed by atoms with Crippen LogP contribution in [0.2, 0.25) is 0 Å². The lowest BCUT2D eigenvalue weighted by atomic mass is 10.3. The van der Waals surface area contributed by atoms with Crippen molar-refractivity contribution >= 4 is 15.9 Å². The second-order valence-corrected chi connectivity index (χ2v) is 5.32. The predicted molar refractivity (Wildman–Crippen MR) is 72.9 cm³/mol. The smallest absolute Gasteiger partial charge is 0.238 e. The number of rotatable bonds is 4. The first-order valence-corrected chi connectivity index (χ1v) is 6.89. The molecule has 0 atom stereocenters. The molecule has 3 rings (SSSR count). The topological polar surface area (TPSA) is 82.8 Å². The number of halogens is 1. The summed E-state index contributed by atoms with van der Waals surface area (Å²) in [5, 5.41) is 11.9. The third-order valence-electron chi connectivity index (χ3n) is 2.77. The Kier molecular flexibility index (Phi) is 3.39. The summed E-state index contributed by atoms with van der Waals surface area (Å²) in [5.41, 5.74) is 0. The summed E-state index contributed by atoms with van der Waals surface area (Å²) in [7, 11) is 0. The monoisotopic (exact) mass is 337 g/mol. The first kappa shape index (κ1) is 13.0. The van der Waals surface area contributed by atoms with Crippen LogP contribution in [-0.2, 0) is 6.42 Å². The highest BCUT2D eigenvalue weighted by atomic mass is 79.9. The second kappa shape index (κ2) is 5.20. The van der Waals surface area contributed by atoms with E-state index in [1.807, 2.05) is 4.57 Å². The third-order valence-corrected chi connectivity index (χ3v) is 3.20. The van der Waals surface area contributed by atoms with Gasteiger partial charge in [0.15, 0.2) is 10.4 Å². The second-order valence-electron chi connectivity index (χ2n) is 4.54. The number of furan rings is 1. The molecule has 0 fully saturated rings. The Morgan fingerprint density at radius 2 is 2.20 bits per heavy atom. The molecule has 0 radical (unpaired) electrons. The van der Waals surface area contributed by atoms with Gasteiger partial charge in [-0.1, -0.05) is 5.16 Å². The number of hydrogen-bond acceptors (Lipinski definition) is 6. The van der Waals surface area contributed by atoms with Crippen molar-refractivity contribution in [2.75, 3.05) is 0 Å². The van der Waals surface area contributed by atoms with Crippen molar-refractivity contribution in [3.63, 3.8) is 0 Å². The molecule has 0 N–H and O–H groups in total. The average molecular weight is 338 g/mol. The van der Waals surface area contributed by atoms with Crippen molar-refractivity contribution in [2.45, 2.75) is 26.3 Å². The fourth-order valence-electron chi connectivity index (χ4n) is 1.82. The largest absolute Gasteiger partial charge is 0.446 e. The van der Waals surface area contributed by atoms with Gasteiger partial charge in [-0.25, -0.2) is 0 Å². The first-order chi connectivity index (χ1) is 9.63. The number of hydrogen-bond donors (Lipinski definition) is 0. The van der Waals surface area contributed by atoms with Gasteiger partial charge in [0.05, 0.1) is 6.42 Å². The summed E-state index contributed by atoms with van der Waals surface area (Å²) < 4.78 is 13.2. The molecule has 0 amide bonds. The van der Waals surface area contributed by atoms with E-state index in [1.165, 1.54) is 0 Å². The van der Waals surface area contributed by atoms with Crippen LogP contribution in [0.25, 0.3) is 11.6 Å². The van der Waals surface area contributed by atoms with Crippen LogP contribution in [0.15, 0.2) is 32.1 Å². The molecular weight excluding hydrogens is 326 g/mol. The Balaban J connectivity index is 1.82. The summed E-state index contributed by atoms with van der Waals surface area (Å²) in [6, 6.07) is 3.83. The molecule has 7 nitrogen and oxygen atoms in total. The lowest BCUT2D eigenvalue weighted by Gasteiger charge is -2.07. The van der Waals surface area contributed by atoms with E-state index in [0.717, 1.165) is 5.82 Å². The van der Waals surface area contributed by atoms with E-state index >= 15 is 0 Å². The van der Waals surface area contributed by atoms with Gasteiger partial charge in [0.2, 0.25) is 11.7 Å². The van der Waals surface area contributed by atoms with Gasteiger partial charge >= 0.3 is 0 Å². The van der Waals surface area contributed by atoms with E-state index in [4.69, 9.17) is 8.94 Å². The highest BCUT2D eigenvalue weighted by Gasteiger charge is 2.15. The average Bonchev–Trinajstić information content (AvgIpc) is 3.09. The van der Waals surface area contributed by atoms with Crippen LogP contribution < -0.4 is 0 Å². The molecule has 0 bridgehead atoms. The van der Waals surface area contributed by atoms with Crippen LogP contribution >= 0.6 is 15.9 Å². The van der Waals surface area contributed by atoms with Crippen LogP contribution in [0.5, 0.6) is 0 Å². The van der Waals surface area contributed by atoms with Crippen molar-refractivity contribution in [2.24, 2.45) is 0 Å². The third kappa shape index (κ3) is 2.51. The summed E-state index contributed by atoms with van der Waals surface area (Å²) in [4.78, 5) is 4.30. The fourth-order valence-corrected chi connectivity index (χ4v) is 2.13. The molecule has 0 saturated heterocycles. The van der Waals surface area contributed by atoms with E-state index < -0.39 is 0 Å². The van der Waals surface area contributed by atoms with Gasteiger partial charge in [-0.05, 0) is 41.9 Å². The van der Waals surface area contributed by atoms with E-state index in [1.54, 1.807) is 18.5 Å². The molecule has 0 unspecified atom stereocenters. The van der Waals surface area contributed by atoms with Gasteiger partial charge in [0, 0.05) is 6.04 Å². The Morgan fingerprint density at radius 1 is 1.35 bits per heavy atom. The summed E-state index contributed by atoms with van der Waals surface area (Å²) in [6.07, 6.45) is 2.13. The number of aromatic nitrogens is 5. The quantitative estimate of drug-likeness (QED) is 0.727. The molecule has 3 aromatic rings. The lowest BCUT2D eigenvalue weighted by molar-refractivity contribution is 0.379. The minimum Gasteiger partial charge on any atom is -0.446 e. The van der Waals surface area contributed by atoms with Crippen LogP contribution in [0.4, 0.5) is 0 Å². The van der Waals surface area contributed by atoms with Crippen molar-refractivity contribution in [1.29, 1.82) is 0 Å². The van der Waals surface area contributed by atoms with Crippen LogP contribution in [0.1, 0.15) is 31.6 Å².